The molecule has 0 atom stereocenters. The van der Waals surface area contributed by atoms with E-state index in [1.165, 1.54) is 0 Å². The topological polar surface area (TPSA) is 70.9 Å². The summed E-state index contributed by atoms with van der Waals surface area (Å²) in [6, 6.07) is 7.80. The highest BCUT2D eigenvalue weighted by Gasteiger charge is 2.17. The van der Waals surface area contributed by atoms with Crippen molar-refractivity contribution in [2.24, 2.45) is 0 Å². The Morgan fingerprint density at radius 2 is 2.12 bits per heavy atom. The zero-order chi connectivity index (χ0) is 18.1. The minimum absolute atomic E-state index is 0.656. The van der Waals surface area contributed by atoms with E-state index in [1.807, 2.05) is 61.4 Å². The van der Waals surface area contributed by atoms with E-state index in [4.69, 9.17) is 9.26 Å². The van der Waals surface area contributed by atoms with Gasteiger partial charge in [-0.2, -0.15) is 5.10 Å². The van der Waals surface area contributed by atoms with Gasteiger partial charge in [0.15, 0.2) is 0 Å². The van der Waals surface area contributed by atoms with E-state index < -0.39 is 0 Å². The molecule has 0 aliphatic rings. The lowest BCUT2D eigenvalue weighted by Crippen LogP contribution is -2.01. The van der Waals surface area contributed by atoms with Crippen LogP contribution in [0.25, 0.3) is 17.1 Å². The Balaban J connectivity index is 1.62. The monoisotopic (exact) mass is 349 g/mol. The van der Waals surface area contributed by atoms with Crippen molar-refractivity contribution in [3.63, 3.8) is 0 Å². The maximum atomic E-state index is 5.28. The van der Waals surface area contributed by atoms with E-state index in [9.17, 15) is 0 Å². The Morgan fingerprint density at radius 1 is 1.23 bits per heavy atom. The number of imidazole rings is 1. The molecule has 0 aliphatic carbocycles. The summed E-state index contributed by atoms with van der Waals surface area (Å²) in [5, 5.41) is 8.49. The van der Waals surface area contributed by atoms with Crippen LogP contribution in [0.5, 0.6) is 5.75 Å². The lowest BCUT2D eigenvalue weighted by Gasteiger charge is -2.06. The number of aromatic nitrogens is 5. The molecule has 3 aromatic heterocycles. The molecule has 0 radical (unpaired) electrons. The smallest absolute Gasteiger partial charge is 0.145 e. The molecule has 0 N–H and O–H groups in total. The second kappa shape index (κ2) is 6.51. The largest absolute Gasteiger partial charge is 0.497 e. The Labute approximate surface area is 150 Å². The summed E-state index contributed by atoms with van der Waals surface area (Å²) in [4.78, 5) is 4.48. The minimum atomic E-state index is 0.656. The first kappa shape index (κ1) is 16.1. The van der Waals surface area contributed by atoms with Gasteiger partial charge in [-0.05, 0) is 26.0 Å². The number of hydrogen-bond acceptors (Lipinski definition) is 5. The van der Waals surface area contributed by atoms with Crippen LogP contribution in [0.15, 0.2) is 53.6 Å². The van der Waals surface area contributed by atoms with Gasteiger partial charge in [0.25, 0.3) is 0 Å². The normalized spacial score (nSPS) is 11.0. The lowest BCUT2D eigenvalue weighted by molar-refractivity contribution is 0.393. The predicted molar refractivity (Wildman–Crippen MR) is 96.4 cm³/mol. The van der Waals surface area contributed by atoms with E-state index in [0.29, 0.717) is 6.54 Å². The van der Waals surface area contributed by atoms with Gasteiger partial charge in [-0.1, -0.05) is 11.2 Å². The summed E-state index contributed by atoms with van der Waals surface area (Å²) in [6.07, 6.45) is 7.60. The molecule has 0 unspecified atom stereocenters. The van der Waals surface area contributed by atoms with Crippen LogP contribution >= 0.6 is 0 Å². The minimum Gasteiger partial charge on any atom is -0.497 e. The summed E-state index contributed by atoms with van der Waals surface area (Å²) in [7, 11) is 1.66. The molecule has 7 heteroatoms. The zero-order valence-corrected chi connectivity index (χ0v) is 14.9. The third-order valence-corrected chi connectivity index (χ3v) is 4.28. The Hall–Kier alpha value is -3.35. The Morgan fingerprint density at radius 3 is 2.88 bits per heavy atom. The third-order valence-electron chi connectivity index (χ3n) is 4.28. The van der Waals surface area contributed by atoms with Gasteiger partial charge in [0.1, 0.15) is 17.3 Å². The Kier molecular flexibility index (Phi) is 4.04. The molecule has 0 saturated heterocycles. The maximum Gasteiger partial charge on any atom is 0.145 e. The molecule has 3 heterocycles. The van der Waals surface area contributed by atoms with Crippen molar-refractivity contribution in [3.8, 4) is 22.8 Å². The summed E-state index contributed by atoms with van der Waals surface area (Å²) in [6.45, 7) is 4.48. The fraction of sp³-hybridized carbons (Fsp3) is 0.211. The predicted octanol–water partition coefficient (Wildman–Crippen LogP) is 3.40. The van der Waals surface area contributed by atoms with Gasteiger partial charge in [-0.3, -0.25) is 0 Å². The van der Waals surface area contributed by atoms with Crippen LogP contribution in [0.2, 0.25) is 0 Å². The number of aryl methyl sites for hydroxylation is 2. The fourth-order valence-electron chi connectivity index (χ4n) is 3.00. The van der Waals surface area contributed by atoms with Gasteiger partial charge < -0.3 is 13.8 Å². The molecule has 132 valence electrons. The molecule has 26 heavy (non-hydrogen) atoms. The van der Waals surface area contributed by atoms with Gasteiger partial charge in [0.05, 0.1) is 36.8 Å². The standard InChI is InChI=1S/C19H19N5O2/c1-13-18(14(2)26-22-13)19-20-7-8-23(19)11-15-10-21-24(12-15)16-5-4-6-17(9-16)25-3/h4-10,12H,11H2,1-3H3. The van der Waals surface area contributed by atoms with Gasteiger partial charge in [0, 0.05) is 30.2 Å². The quantitative estimate of drug-likeness (QED) is 0.552. The molecular formula is C19H19N5O2. The molecule has 1 aromatic carbocycles. The number of benzene rings is 1. The number of ether oxygens (including phenoxy) is 1. The number of methoxy groups -OCH3 is 1. The highest BCUT2D eigenvalue weighted by Crippen LogP contribution is 2.26. The van der Waals surface area contributed by atoms with E-state index in [-0.39, 0.29) is 0 Å². The highest BCUT2D eigenvalue weighted by molar-refractivity contribution is 5.60. The van der Waals surface area contributed by atoms with Crippen molar-refractivity contribution >= 4 is 0 Å². The second-order valence-electron chi connectivity index (χ2n) is 6.07. The molecule has 0 spiro atoms. The van der Waals surface area contributed by atoms with Gasteiger partial charge in [0.2, 0.25) is 0 Å². The number of nitrogens with zero attached hydrogens (tertiary/aromatic N) is 5. The first-order valence-corrected chi connectivity index (χ1v) is 8.28. The van der Waals surface area contributed by atoms with E-state index in [2.05, 4.69) is 19.8 Å². The van der Waals surface area contributed by atoms with Crippen LogP contribution in [0, 0.1) is 13.8 Å². The number of rotatable bonds is 5. The Bertz CT molecular complexity index is 1020. The molecule has 0 aliphatic heterocycles. The maximum absolute atomic E-state index is 5.28. The molecule has 4 aromatic rings. The van der Waals surface area contributed by atoms with Crippen LogP contribution in [0.1, 0.15) is 17.0 Å². The average molecular weight is 349 g/mol. The van der Waals surface area contributed by atoms with E-state index in [0.717, 1.165) is 39.8 Å². The van der Waals surface area contributed by atoms with Crippen molar-refractivity contribution in [3.05, 3.63) is 66.1 Å². The van der Waals surface area contributed by atoms with Gasteiger partial charge >= 0.3 is 0 Å². The van der Waals surface area contributed by atoms with E-state index >= 15 is 0 Å². The molecule has 4 rings (SSSR count). The van der Waals surface area contributed by atoms with Crippen molar-refractivity contribution < 1.29 is 9.26 Å². The zero-order valence-electron chi connectivity index (χ0n) is 14.9. The molecule has 0 saturated carbocycles. The molecule has 7 nitrogen and oxygen atoms in total. The van der Waals surface area contributed by atoms with Gasteiger partial charge in [-0.25, -0.2) is 9.67 Å². The molecule has 0 bridgehead atoms. The van der Waals surface area contributed by atoms with Crippen LogP contribution in [0.3, 0.4) is 0 Å². The SMILES string of the molecule is COc1cccc(-n2cc(Cn3ccnc3-c3c(C)noc3C)cn2)c1. The van der Waals surface area contributed by atoms with Crippen LogP contribution < -0.4 is 4.74 Å². The van der Waals surface area contributed by atoms with Crippen molar-refractivity contribution in [2.75, 3.05) is 7.11 Å². The van der Waals surface area contributed by atoms with Crippen molar-refractivity contribution in [1.82, 2.24) is 24.5 Å². The first-order chi connectivity index (χ1) is 12.7. The van der Waals surface area contributed by atoms with Crippen LogP contribution in [-0.4, -0.2) is 31.6 Å². The van der Waals surface area contributed by atoms with Crippen LogP contribution in [0.4, 0.5) is 0 Å². The summed E-state index contributed by atoms with van der Waals surface area (Å²) in [5.41, 5.74) is 3.79. The van der Waals surface area contributed by atoms with Gasteiger partial charge in [-0.15, -0.1) is 0 Å². The average Bonchev–Trinajstić information content (AvgIpc) is 3.37. The van der Waals surface area contributed by atoms with Crippen LogP contribution in [-0.2, 0) is 6.54 Å². The molecule has 0 fully saturated rings. The summed E-state index contributed by atoms with van der Waals surface area (Å²) < 4.78 is 14.5. The highest BCUT2D eigenvalue weighted by atomic mass is 16.5. The van der Waals surface area contributed by atoms with E-state index in [1.54, 1.807) is 13.3 Å². The summed E-state index contributed by atoms with van der Waals surface area (Å²) in [5.74, 6) is 2.41. The fourth-order valence-corrected chi connectivity index (χ4v) is 3.00. The van der Waals surface area contributed by atoms with Crippen molar-refractivity contribution in [2.45, 2.75) is 20.4 Å². The molecular weight excluding hydrogens is 330 g/mol. The number of hydrogen-bond donors (Lipinski definition) is 0. The first-order valence-electron chi connectivity index (χ1n) is 8.28. The van der Waals surface area contributed by atoms with Crippen molar-refractivity contribution in [1.29, 1.82) is 0 Å². The molecule has 0 amide bonds. The summed E-state index contributed by atoms with van der Waals surface area (Å²) >= 11 is 0. The second-order valence-corrected chi connectivity index (χ2v) is 6.07. The third kappa shape index (κ3) is 2.88. The lowest BCUT2D eigenvalue weighted by atomic mass is 10.2.